The normalized spacial score (nSPS) is 18.4. The van der Waals surface area contributed by atoms with Crippen LogP contribution in [-0.2, 0) is 4.74 Å². The molecular formula is C28H33N7O. The van der Waals surface area contributed by atoms with Crippen LogP contribution in [0.15, 0.2) is 48.7 Å². The number of rotatable bonds is 5. The Labute approximate surface area is 213 Å². The van der Waals surface area contributed by atoms with Gasteiger partial charge in [-0.25, -0.2) is 9.97 Å². The zero-order valence-corrected chi connectivity index (χ0v) is 21.3. The van der Waals surface area contributed by atoms with Crippen molar-refractivity contribution in [2.75, 3.05) is 60.6 Å². The minimum Gasteiger partial charge on any atom is -0.378 e. The van der Waals surface area contributed by atoms with Gasteiger partial charge < -0.3 is 19.4 Å². The molecule has 1 atom stereocenters. The second-order valence-electron chi connectivity index (χ2n) is 9.77. The fourth-order valence-corrected chi connectivity index (χ4v) is 4.91. The fraction of sp³-hybridized carbons (Fsp3) is 0.429. The summed E-state index contributed by atoms with van der Waals surface area (Å²) in [6.07, 6.45) is 1.75. The Kier molecular flexibility index (Phi) is 7.01. The number of benzene rings is 1. The van der Waals surface area contributed by atoms with Crippen LogP contribution in [0.3, 0.4) is 0 Å². The van der Waals surface area contributed by atoms with E-state index >= 15 is 0 Å². The fourth-order valence-electron chi connectivity index (χ4n) is 4.91. The van der Waals surface area contributed by atoms with Crippen LogP contribution in [0, 0.1) is 11.3 Å². The Morgan fingerprint density at radius 2 is 1.83 bits per heavy atom. The van der Waals surface area contributed by atoms with Gasteiger partial charge in [0.15, 0.2) is 0 Å². The molecule has 3 aromatic rings. The molecule has 8 heteroatoms. The number of morpholine rings is 1. The highest BCUT2D eigenvalue weighted by Crippen LogP contribution is 2.30. The van der Waals surface area contributed by atoms with Gasteiger partial charge in [-0.15, -0.1) is 0 Å². The molecule has 2 aliphatic rings. The molecule has 0 aliphatic carbocycles. The highest BCUT2D eigenvalue weighted by atomic mass is 16.5. The van der Waals surface area contributed by atoms with Gasteiger partial charge in [0, 0.05) is 56.6 Å². The van der Waals surface area contributed by atoms with Crippen molar-refractivity contribution in [3.63, 3.8) is 0 Å². The van der Waals surface area contributed by atoms with Crippen molar-refractivity contribution in [2.24, 2.45) is 0 Å². The summed E-state index contributed by atoms with van der Waals surface area (Å²) in [6, 6.07) is 16.9. The van der Waals surface area contributed by atoms with Crippen molar-refractivity contribution >= 4 is 17.6 Å². The Balaban J connectivity index is 1.48. The topological polar surface area (TPSA) is 81.4 Å². The van der Waals surface area contributed by atoms with E-state index in [9.17, 15) is 5.26 Å². The first-order chi connectivity index (χ1) is 17.5. The van der Waals surface area contributed by atoms with Gasteiger partial charge in [-0.2, -0.15) is 10.2 Å². The summed E-state index contributed by atoms with van der Waals surface area (Å²) in [7, 11) is 0. The van der Waals surface area contributed by atoms with E-state index in [2.05, 4.69) is 76.9 Å². The van der Waals surface area contributed by atoms with Crippen molar-refractivity contribution < 1.29 is 4.74 Å². The predicted molar refractivity (Wildman–Crippen MR) is 143 cm³/mol. The number of aromatic nitrogens is 3. The number of anilines is 3. The van der Waals surface area contributed by atoms with Crippen molar-refractivity contribution in [3.8, 4) is 17.3 Å². The second-order valence-corrected chi connectivity index (χ2v) is 9.77. The van der Waals surface area contributed by atoms with E-state index in [4.69, 9.17) is 14.7 Å². The van der Waals surface area contributed by atoms with Crippen molar-refractivity contribution in [1.82, 2.24) is 15.0 Å². The molecule has 0 bridgehead atoms. The average Bonchev–Trinajstić information content (AvgIpc) is 2.93. The van der Waals surface area contributed by atoms with Gasteiger partial charge in [-0.3, -0.25) is 0 Å². The quantitative estimate of drug-likeness (QED) is 0.537. The molecule has 0 N–H and O–H groups in total. The number of piperazine rings is 1. The predicted octanol–water partition coefficient (Wildman–Crippen LogP) is 4.09. The van der Waals surface area contributed by atoms with Crippen molar-refractivity contribution in [1.29, 1.82) is 5.26 Å². The first kappa shape index (κ1) is 24.0. The molecule has 186 valence electrons. The van der Waals surface area contributed by atoms with E-state index in [0.717, 1.165) is 61.6 Å². The Bertz CT molecular complexity index is 1250. The van der Waals surface area contributed by atoms with Gasteiger partial charge in [-0.05, 0) is 36.6 Å². The lowest BCUT2D eigenvalue weighted by Gasteiger charge is -2.41. The lowest BCUT2D eigenvalue weighted by Crippen LogP contribution is -2.53. The maximum absolute atomic E-state index is 9.53. The average molecular weight is 484 g/mol. The van der Waals surface area contributed by atoms with E-state index < -0.39 is 0 Å². The molecule has 0 radical (unpaired) electrons. The number of ether oxygens (including phenoxy) is 1. The molecule has 0 amide bonds. The van der Waals surface area contributed by atoms with Gasteiger partial charge in [0.25, 0.3) is 0 Å². The van der Waals surface area contributed by atoms with Gasteiger partial charge in [0.1, 0.15) is 17.7 Å². The summed E-state index contributed by atoms with van der Waals surface area (Å²) in [6.45, 7) is 11.9. The van der Waals surface area contributed by atoms with Crippen LogP contribution in [0.2, 0.25) is 0 Å². The molecule has 2 fully saturated rings. The molecule has 2 saturated heterocycles. The lowest BCUT2D eigenvalue weighted by atomic mass is 9.99. The van der Waals surface area contributed by atoms with Crippen LogP contribution in [0.4, 0.5) is 17.6 Å². The molecule has 0 spiro atoms. The third kappa shape index (κ3) is 4.98. The number of nitrogens with zero attached hydrogens (tertiary/aromatic N) is 7. The molecule has 0 saturated carbocycles. The van der Waals surface area contributed by atoms with Crippen molar-refractivity contribution in [3.05, 3.63) is 59.8 Å². The molecule has 2 aromatic heterocycles. The van der Waals surface area contributed by atoms with Crippen LogP contribution in [-0.4, -0.2) is 66.9 Å². The van der Waals surface area contributed by atoms with E-state index in [1.54, 1.807) is 6.20 Å². The molecule has 1 aromatic carbocycles. The maximum atomic E-state index is 9.53. The third-order valence-electron chi connectivity index (χ3n) is 6.97. The highest BCUT2D eigenvalue weighted by molar-refractivity contribution is 5.67. The molecule has 36 heavy (non-hydrogen) atoms. The SMILES string of the molecule is CC(C)c1cccc(-c2cc(N3CCN(c4ncccc4C#N)CC3C)nc(N3CCOCC3)n2)c1. The van der Waals surface area contributed by atoms with Crippen LogP contribution < -0.4 is 14.7 Å². The summed E-state index contributed by atoms with van der Waals surface area (Å²) in [5.74, 6) is 2.90. The summed E-state index contributed by atoms with van der Waals surface area (Å²) in [5.41, 5.74) is 3.96. The van der Waals surface area contributed by atoms with Crippen LogP contribution >= 0.6 is 0 Å². The second kappa shape index (κ2) is 10.5. The monoisotopic (exact) mass is 483 g/mol. The van der Waals surface area contributed by atoms with E-state index in [0.29, 0.717) is 24.7 Å². The largest absolute Gasteiger partial charge is 0.378 e. The third-order valence-corrected chi connectivity index (χ3v) is 6.97. The molecular weight excluding hydrogens is 450 g/mol. The first-order valence-corrected chi connectivity index (χ1v) is 12.7. The number of nitriles is 1. The van der Waals surface area contributed by atoms with Crippen molar-refractivity contribution in [2.45, 2.75) is 32.7 Å². The van der Waals surface area contributed by atoms with Crippen LogP contribution in [0.1, 0.15) is 37.8 Å². The summed E-state index contributed by atoms with van der Waals surface area (Å²) in [4.78, 5) is 21.3. The zero-order valence-electron chi connectivity index (χ0n) is 21.3. The van der Waals surface area contributed by atoms with E-state index in [1.165, 1.54) is 5.56 Å². The number of pyridine rings is 1. The molecule has 4 heterocycles. The lowest BCUT2D eigenvalue weighted by molar-refractivity contribution is 0.122. The number of hydrogen-bond acceptors (Lipinski definition) is 8. The molecule has 8 nitrogen and oxygen atoms in total. The maximum Gasteiger partial charge on any atom is 0.228 e. The minimum atomic E-state index is 0.189. The highest BCUT2D eigenvalue weighted by Gasteiger charge is 2.28. The summed E-state index contributed by atoms with van der Waals surface area (Å²) >= 11 is 0. The smallest absolute Gasteiger partial charge is 0.228 e. The molecule has 2 aliphatic heterocycles. The molecule has 1 unspecified atom stereocenters. The van der Waals surface area contributed by atoms with Crippen LogP contribution in [0.5, 0.6) is 0 Å². The Morgan fingerprint density at radius 3 is 2.58 bits per heavy atom. The Hall–Kier alpha value is -3.70. The van der Waals surface area contributed by atoms with Gasteiger partial charge in [0.05, 0.1) is 24.5 Å². The van der Waals surface area contributed by atoms with E-state index in [-0.39, 0.29) is 6.04 Å². The molecule has 5 rings (SSSR count). The first-order valence-electron chi connectivity index (χ1n) is 12.7. The Morgan fingerprint density at radius 1 is 1.00 bits per heavy atom. The zero-order chi connectivity index (χ0) is 25.1. The van der Waals surface area contributed by atoms with Gasteiger partial charge in [-0.1, -0.05) is 32.0 Å². The summed E-state index contributed by atoms with van der Waals surface area (Å²) in [5, 5.41) is 9.53. The van der Waals surface area contributed by atoms with Gasteiger partial charge >= 0.3 is 0 Å². The number of hydrogen-bond donors (Lipinski definition) is 0. The minimum absolute atomic E-state index is 0.189. The van der Waals surface area contributed by atoms with E-state index in [1.807, 2.05) is 12.1 Å². The summed E-state index contributed by atoms with van der Waals surface area (Å²) < 4.78 is 5.57. The van der Waals surface area contributed by atoms with Gasteiger partial charge in [0.2, 0.25) is 5.95 Å². The standard InChI is InChI=1S/C28H33N7O/c1-20(2)22-6-4-7-23(16-22)25-17-26(32-28(31-25)33-12-14-36-15-13-33)35-11-10-34(19-21(35)3)27-24(18-29)8-5-9-30-27/h4-9,16-17,20-21H,10-15,19H2,1-3H3. The van der Waals surface area contributed by atoms with Crippen LogP contribution in [0.25, 0.3) is 11.3 Å².